The monoisotopic (exact) mass is 243 g/mol. The van der Waals surface area contributed by atoms with Crippen molar-refractivity contribution in [2.45, 2.75) is 18.8 Å². The summed E-state index contributed by atoms with van der Waals surface area (Å²) in [6, 6.07) is 8.76. The van der Waals surface area contributed by atoms with Gasteiger partial charge in [-0.3, -0.25) is 0 Å². The average Bonchev–Trinajstić information content (AvgIpc) is 2.90. The summed E-state index contributed by atoms with van der Waals surface area (Å²) < 4.78 is 14.9. The molecule has 1 radical (unpaired) electrons. The highest BCUT2D eigenvalue weighted by molar-refractivity contribution is 5.34. The number of halogens is 1. The maximum atomic E-state index is 12.9. The summed E-state index contributed by atoms with van der Waals surface area (Å²) in [7, 11) is 0. The van der Waals surface area contributed by atoms with Gasteiger partial charge in [0.25, 0.3) is 0 Å². The second-order valence-corrected chi connectivity index (χ2v) is 4.77. The van der Waals surface area contributed by atoms with Crippen LogP contribution in [0.1, 0.15) is 24.3 Å². The van der Waals surface area contributed by atoms with E-state index in [0.29, 0.717) is 5.92 Å². The van der Waals surface area contributed by atoms with Gasteiger partial charge in [0, 0.05) is 31.2 Å². The molecule has 0 spiro atoms. The van der Waals surface area contributed by atoms with E-state index >= 15 is 0 Å². The molecule has 3 rings (SSSR count). The molecule has 0 aliphatic carbocycles. The SMILES string of the molecule is Fc1ccc(-n2ccc(C3CC[N]CC3)c2)cc1. The molecule has 0 amide bonds. The van der Waals surface area contributed by atoms with Gasteiger partial charge in [-0.1, -0.05) is 0 Å². The first-order valence-corrected chi connectivity index (χ1v) is 6.40. The second kappa shape index (κ2) is 4.94. The van der Waals surface area contributed by atoms with Crippen molar-refractivity contribution in [1.29, 1.82) is 0 Å². The van der Waals surface area contributed by atoms with Crippen LogP contribution in [0.15, 0.2) is 42.7 Å². The Morgan fingerprint density at radius 2 is 1.78 bits per heavy atom. The standard InChI is InChI=1S/C15H16FN2/c16-14-1-3-15(4-2-14)18-10-7-13(11-18)12-5-8-17-9-6-12/h1-4,7,10-12H,5-6,8-9H2. The molecule has 2 aromatic rings. The van der Waals surface area contributed by atoms with Crippen molar-refractivity contribution in [1.82, 2.24) is 9.88 Å². The zero-order valence-corrected chi connectivity index (χ0v) is 10.2. The fourth-order valence-electron chi connectivity index (χ4n) is 2.51. The van der Waals surface area contributed by atoms with Gasteiger partial charge >= 0.3 is 0 Å². The van der Waals surface area contributed by atoms with Crippen LogP contribution in [0.3, 0.4) is 0 Å². The number of rotatable bonds is 2. The molecule has 1 aromatic heterocycles. The fourth-order valence-corrected chi connectivity index (χ4v) is 2.51. The van der Waals surface area contributed by atoms with Crippen LogP contribution in [-0.2, 0) is 0 Å². The molecule has 2 heterocycles. The normalized spacial score (nSPS) is 16.9. The van der Waals surface area contributed by atoms with E-state index < -0.39 is 0 Å². The zero-order chi connectivity index (χ0) is 12.4. The first-order chi connectivity index (χ1) is 8.83. The van der Waals surface area contributed by atoms with Crippen LogP contribution >= 0.6 is 0 Å². The van der Waals surface area contributed by atoms with Gasteiger partial charge < -0.3 is 4.57 Å². The highest BCUT2D eigenvalue weighted by Gasteiger charge is 2.16. The minimum atomic E-state index is -0.194. The lowest BCUT2D eigenvalue weighted by Crippen LogP contribution is -2.20. The number of hydrogen-bond acceptors (Lipinski definition) is 0. The Kier molecular flexibility index (Phi) is 3.15. The van der Waals surface area contributed by atoms with Crippen molar-refractivity contribution in [2.75, 3.05) is 13.1 Å². The van der Waals surface area contributed by atoms with Crippen LogP contribution in [0.2, 0.25) is 0 Å². The van der Waals surface area contributed by atoms with Gasteiger partial charge in [0.15, 0.2) is 0 Å². The lowest BCUT2D eigenvalue weighted by atomic mass is 9.92. The molecule has 2 nitrogen and oxygen atoms in total. The minimum absolute atomic E-state index is 0.194. The molecule has 1 fully saturated rings. The molecule has 0 N–H and O–H groups in total. The van der Waals surface area contributed by atoms with Crippen LogP contribution in [0.5, 0.6) is 0 Å². The van der Waals surface area contributed by atoms with Gasteiger partial charge in [0.2, 0.25) is 0 Å². The summed E-state index contributed by atoms with van der Waals surface area (Å²) in [5.74, 6) is 0.434. The van der Waals surface area contributed by atoms with E-state index in [4.69, 9.17) is 0 Å². The van der Waals surface area contributed by atoms with Gasteiger partial charge in [-0.25, -0.2) is 9.71 Å². The maximum absolute atomic E-state index is 12.9. The van der Waals surface area contributed by atoms with E-state index in [2.05, 4.69) is 22.1 Å². The Labute approximate surface area is 106 Å². The molecule has 0 bridgehead atoms. The third-order valence-corrected chi connectivity index (χ3v) is 3.58. The summed E-state index contributed by atoms with van der Waals surface area (Å²) in [4.78, 5) is 0. The van der Waals surface area contributed by atoms with E-state index in [1.807, 2.05) is 6.20 Å². The molecule has 3 heteroatoms. The molecule has 1 aromatic carbocycles. The largest absolute Gasteiger partial charge is 0.324 e. The van der Waals surface area contributed by atoms with Crippen LogP contribution in [0.25, 0.3) is 5.69 Å². The summed E-state index contributed by atoms with van der Waals surface area (Å²) in [5, 5.41) is 4.38. The summed E-state index contributed by atoms with van der Waals surface area (Å²) in [6.07, 6.45) is 6.50. The molecule has 93 valence electrons. The van der Waals surface area contributed by atoms with Crippen LogP contribution < -0.4 is 5.32 Å². The molecular formula is C15H16FN2. The van der Waals surface area contributed by atoms with E-state index in [9.17, 15) is 4.39 Å². The number of hydrogen-bond donors (Lipinski definition) is 0. The second-order valence-electron chi connectivity index (χ2n) is 4.77. The van der Waals surface area contributed by atoms with E-state index in [1.54, 1.807) is 12.1 Å². The molecule has 1 aliphatic rings. The Morgan fingerprint density at radius 1 is 1.06 bits per heavy atom. The van der Waals surface area contributed by atoms with Crippen molar-refractivity contribution in [2.24, 2.45) is 0 Å². The van der Waals surface area contributed by atoms with Crippen LogP contribution in [0, 0.1) is 5.82 Å². The molecule has 1 saturated heterocycles. The number of nitrogens with zero attached hydrogens (tertiary/aromatic N) is 2. The van der Waals surface area contributed by atoms with Crippen LogP contribution in [-0.4, -0.2) is 17.7 Å². The lowest BCUT2D eigenvalue weighted by molar-refractivity contribution is 0.453. The number of aromatic nitrogens is 1. The van der Waals surface area contributed by atoms with Gasteiger partial charge in [-0.05, 0) is 54.7 Å². The molecule has 18 heavy (non-hydrogen) atoms. The van der Waals surface area contributed by atoms with Crippen molar-refractivity contribution < 1.29 is 4.39 Å². The number of benzene rings is 1. The Hall–Kier alpha value is -1.61. The Morgan fingerprint density at radius 3 is 2.50 bits per heavy atom. The summed E-state index contributed by atoms with van der Waals surface area (Å²) in [5.41, 5.74) is 2.37. The third-order valence-electron chi connectivity index (χ3n) is 3.58. The van der Waals surface area contributed by atoms with E-state index in [1.165, 1.54) is 17.7 Å². The highest BCUT2D eigenvalue weighted by Crippen LogP contribution is 2.26. The predicted octanol–water partition coefficient (Wildman–Crippen LogP) is 3.10. The van der Waals surface area contributed by atoms with Crippen molar-refractivity contribution in [3.05, 3.63) is 54.1 Å². The quantitative estimate of drug-likeness (QED) is 0.772. The summed E-state index contributed by atoms with van der Waals surface area (Å²) >= 11 is 0. The predicted molar refractivity (Wildman–Crippen MR) is 69.6 cm³/mol. The van der Waals surface area contributed by atoms with Crippen LogP contribution in [0.4, 0.5) is 4.39 Å². The van der Waals surface area contributed by atoms with Crippen molar-refractivity contribution in [3.8, 4) is 5.69 Å². The Balaban J connectivity index is 1.82. The zero-order valence-electron chi connectivity index (χ0n) is 10.2. The smallest absolute Gasteiger partial charge is 0.123 e. The maximum Gasteiger partial charge on any atom is 0.123 e. The fraction of sp³-hybridized carbons (Fsp3) is 0.333. The minimum Gasteiger partial charge on any atom is -0.324 e. The van der Waals surface area contributed by atoms with Crippen molar-refractivity contribution in [3.63, 3.8) is 0 Å². The van der Waals surface area contributed by atoms with Gasteiger partial charge in [-0.15, -0.1) is 0 Å². The number of piperidine rings is 1. The summed E-state index contributed by atoms with van der Waals surface area (Å²) in [6.45, 7) is 1.96. The van der Waals surface area contributed by atoms with Gasteiger partial charge in [0.05, 0.1) is 0 Å². The molecule has 0 atom stereocenters. The molecule has 0 unspecified atom stereocenters. The molecular weight excluding hydrogens is 227 g/mol. The van der Waals surface area contributed by atoms with Gasteiger partial charge in [-0.2, -0.15) is 0 Å². The van der Waals surface area contributed by atoms with Gasteiger partial charge in [0.1, 0.15) is 5.82 Å². The Bertz CT molecular complexity index is 510. The van der Waals surface area contributed by atoms with E-state index in [0.717, 1.165) is 31.6 Å². The third kappa shape index (κ3) is 2.31. The molecule has 1 aliphatic heterocycles. The topological polar surface area (TPSA) is 19.0 Å². The van der Waals surface area contributed by atoms with Crippen molar-refractivity contribution >= 4 is 0 Å². The highest BCUT2D eigenvalue weighted by atomic mass is 19.1. The molecule has 0 saturated carbocycles. The van der Waals surface area contributed by atoms with E-state index in [-0.39, 0.29) is 5.82 Å². The lowest BCUT2D eigenvalue weighted by Gasteiger charge is -2.20. The first kappa shape index (κ1) is 11.5. The average molecular weight is 243 g/mol. The first-order valence-electron chi connectivity index (χ1n) is 6.40.